The Morgan fingerprint density at radius 3 is 2.20 bits per heavy atom. The second-order valence-corrected chi connectivity index (χ2v) is 9.81. The molecule has 0 saturated heterocycles. The van der Waals surface area contributed by atoms with Crippen molar-refractivity contribution < 1.29 is 23.1 Å². The van der Waals surface area contributed by atoms with Crippen molar-refractivity contribution in [3.05, 3.63) is 88.6 Å². The van der Waals surface area contributed by atoms with E-state index in [9.17, 15) is 18.7 Å². The number of carbonyl (C=O) groups is 1. The number of aromatic nitrogens is 6. The molecule has 4 aromatic heterocycles. The predicted octanol–water partition coefficient (Wildman–Crippen LogP) is 5.80. The Hall–Kier alpha value is -3.74. The Morgan fingerprint density at radius 2 is 1.57 bits per heavy atom. The lowest BCUT2D eigenvalue weighted by Crippen LogP contribution is -2.37. The molecular weight excluding hydrogens is 570 g/mol. The normalized spacial score (nSPS) is 15.9. The van der Waals surface area contributed by atoms with E-state index in [1.807, 2.05) is 0 Å². The summed E-state index contributed by atoms with van der Waals surface area (Å²) in [6, 6.07) is 4.03. The zero-order valence-corrected chi connectivity index (χ0v) is 22.1. The standard InChI is InChI=1S/C26H20Cl2F3N7O2/c27-24-34-10-15(11-35-24)22(39)38(23(40)16-12-36-25(28)37-13-16)21-17(20-18(29)2-1-8-32-20)5-9-33-19(21)14-3-6-26(30,31)7-4-14/h1-2,5,8-14,22,39H,3-4,6-7H2. The van der Waals surface area contributed by atoms with Crippen molar-refractivity contribution in [1.82, 2.24) is 29.9 Å². The highest BCUT2D eigenvalue weighted by Gasteiger charge is 2.39. The van der Waals surface area contributed by atoms with Gasteiger partial charge in [-0.2, -0.15) is 0 Å². The molecule has 0 radical (unpaired) electrons. The molecule has 9 nitrogen and oxygen atoms in total. The van der Waals surface area contributed by atoms with Gasteiger partial charge in [0.2, 0.25) is 16.5 Å². The van der Waals surface area contributed by atoms with Gasteiger partial charge in [0, 0.05) is 67.1 Å². The SMILES string of the molecule is O=C(c1cnc(Cl)nc1)N(c1c(-c2ncccc2F)ccnc1C1CCC(F)(F)CC1)C(O)c1cnc(Cl)nc1. The molecular formula is C26H20Cl2F3N7O2. The van der Waals surface area contributed by atoms with Gasteiger partial charge in [-0.05, 0) is 54.2 Å². The third-order valence-electron chi connectivity index (χ3n) is 6.58. The summed E-state index contributed by atoms with van der Waals surface area (Å²) in [5, 5.41) is 11.4. The highest BCUT2D eigenvalue weighted by atomic mass is 35.5. The third-order valence-corrected chi connectivity index (χ3v) is 6.97. The fourth-order valence-electron chi connectivity index (χ4n) is 4.61. The van der Waals surface area contributed by atoms with Crippen LogP contribution in [-0.4, -0.2) is 46.8 Å². The van der Waals surface area contributed by atoms with E-state index in [2.05, 4.69) is 29.9 Å². The van der Waals surface area contributed by atoms with Crippen molar-refractivity contribution in [2.75, 3.05) is 4.90 Å². The maximum atomic E-state index is 15.1. The van der Waals surface area contributed by atoms with Gasteiger partial charge in [0.05, 0.1) is 16.9 Å². The first kappa shape index (κ1) is 27.8. The Morgan fingerprint density at radius 1 is 0.950 bits per heavy atom. The summed E-state index contributed by atoms with van der Waals surface area (Å²) in [5.41, 5.74) is 0.165. The Labute approximate surface area is 236 Å². The fourth-order valence-corrected chi connectivity index (χ4v) is 4.81. The zero-order chi connectivity index (χ0) is 28.4. The monoisotopic (exact) mass is 589 g/mol. The van der Waals surface area contributed by atoms with E-state index in [0.717, 1.165) is 17.3 Å². The van der Waals surface area contributed by atoms with Crippen molar-refractivity contribution in [2.45, 2.75) is 43.8 Å². The van der Waals surface area contributed by atoms with E-state index in [1.54, 1.807) is 0 Å². The predicted molar refractivity (Wildman–Crippen MR) is 139 cm³/mol. The van der Waals surface area contributed by atoms with Crippen LogP contribution in [0.1, 0.15) is 59.4 Å². The van der Waals surface area contributed by atoms with Crippen LogP contribution in [0, 0.1) is 5.82 Å². The first-order valence-electron chi connectivity index (χ1n) is 12.1. The average molecular weight is 590 g/mol. The van der Waals surface area contributed by atoms with Crippen LogP contribution in [0.3, 0.4) is 0 Å². The number of carbonyl (C=O) groups excluding carboxylic acids is 1. The van der Waals surface area contributed by atoms with Gasteiger partial charge < -0.3 is 5.11 Å². The third kappa shape index (κ3) is 5.74. The van der Waals surface area contributed by atoms with E-state index >= 15 is 4.39 Å². The number of aliphatic hydroxyl groups excluding tert-OH is 1. The molecule has 4 heterocycles. The molecule has 206 valence electrons. The summed E-state index contributed by atoms with van der Waals surface area (Å²) < 4.78 is 43.3. The molecule has 0 aliphatic heterocycles. The quantitative estimate of drug-likeness (QED) is 0.221. The number of pyridine rings is 2. The van der Waals surface area contributed by atoms with Gasteiger partial charge in [0.25, 0.3) is 5.91 Å². The van der Waals surface area contributed by atoms with E-state index in [-0.39, 0.29) is 57.2 Å². The van der Waals surface area contributed by atoms with E-state index in [4.69, 9.17) is 23.2 Å². The summed E-state index contributed by atoms with van der Waals surface area (Å²) in [6.07, 6.45) is 5.07. The molecule has 1 aliphatic carbocycles. The molecule has 0 spiro atoms. The highest BCUT2D eigenvalue weighted by Crippen LogP contribution is 2.46. The van der Waals surface area contributed by atoms with Crippen LogP contribution in [0.4, 0.5) is 18.9 Å². The minimum atomic E-state index is -2.84. The number of aliphatic hydroxyl groups is 1. The summed E-state index contributed by atoms with van der Waals surface area (Å²) in [7, 11) is 0. The summed E-state index contributed by atoms with van der Waals surface area (Å²) in [4.78, 5) is 39.1. The lowest BCUT2D eigenvalue weighted by Gasteiger charge is -2.34. The molecule has 4 aromatic rings. The first-order valence-corrected chi connectivity index (χ1v) is 12.8. The zero-order valence-electron chi connectivity index (χ0n) is 20.6. The molecule has 40 heavy (non-hydrogen) atoms. The number of alkyl halides is 2. The maximum Gasteiger partial charge on any atom is 0.263 e. The van der Waals surface area contributed by atoms with Crippen molar-refractivity contribution in [2.24, 2.45) is 0 Å². The lowest BCUT2D eigenvalue weighted by atomic mass is 9.83. The van der Waals surface area contributed by atoms with Crippen LogP contribution in [0.5, 0.6) is 0 Å². The van der Waals surface area contributed by atoms with Crippen LogP contribution >= 0.6 is 23.2 Å². The van der Waals surface area contributed by atoms with Crippen molar-refractivity contribution in [3.63, 3.8) is 0 Å². The molecule has 1 N–H and O–H groups in total. The van der Waals surface area contributed by atoms with Gasteiger partial charge in [0.1, 0.15) is 11.5 Å². The fraction of sp³-hybridized carbons (Fsp3) is 0.269. The number of amides is 1. The average Bonchev–Trinajstić information content (AvgIpc) is 2.94. The molecule has 0 aromatic carbocycles. The van der Waals surface area contributed by atoms with Crippen LogP contribution in [0.2, 0.25) is 10.6 Å². The molecule has 1 aliphatic rings. The van der Waals surface area contributed by atoms with Crippen molar-refractivity contribution in [3.8, 4) is 11.3 Å². The van der Waals surface area contributed by atoms with Gasteiger partial charge >= 0.3 is 0 Å². The molecule has 1 unspecified atom stereocenters. The lowest BCUT2D eigenvalue weighted by molar-refractivity contribution is -0.0384. The summed E-state index contributed by atoms with van der Waals surface area (Å²) >= 11 is 11.6. The van der Waals surface area contributed by atoms with E-state index < -0.39 is 42.6 Å². The van der Waals surface area contributed by atoms with Crippen molar-refractivity contribution >= 4 is 34.8 Å². The second kappa shape index (κ2) is 11.4. The van der Waals surface area contributed by atoms with Crippen LogP contribution in [0.15, 0.2) is 55.4 Å². The smallest absolute Gasteiger partial charge is 0.263 e. The van der Waals surface area contributed by atoms with E-state index in [0.29, 0.717) is 0 Å². The topological polar surface area (TPSA) is 118 Å². The number of nitrogens with zero attached hydrogens (tertiary/aromatic N) is 7. The van der Waals surface area contributed by atoms with Crippen LogP contribution in [0.25, 0.3) is 11.3 Å². The molecule has 0 bridgehead atoms. The molecule has 1 amide bonds. The number of anilines is 1. The number of rotatable bonds is 6. The van der Waals surface area contributed by atoms with E-state index in [1.165, 1.54) is 43.0 Å². The van der Waals surface area contributed by atoms with Gasteiger partial charge in [0.15, 0.2) is 6.23 Å². The van der Waals surface area contributed by atoms with Gasteiger partial charge in [-0.3, -0.25) is 19.7 Å². The molecule has 14 heteroatoms. The Bertz CT molecular complexity index is 1520. The number of hydrogen-bond donors (Lipinski definition) is 1. The van der Waals surface area contributed by atoms with Crippen LogP contribution in [-0.2, 0) is 0 Å². The Balaban J connectivity index is 1.75. The van der Waals surface area contributed by atoms with Crippen LogP contribution < -0.4 is 4.90 Å². The Kier molecular flexibility index (Phi) is 7.92. The summed E-state index contributed by atoms with van der Waals surface area (Å²) in [6.45, 7) is 0. The van der Waals surface area contributed by atoms with Gasteiger partial charge in [-0.25, -0.2) is 33.1 Å². The minimum Gasteiger partial charge on any atom is -0.369 e. The molecule has 5 rings (SSSR count). The van der Waals surface area contributed by atoms with Gasteiger partial charge in [-0.1, -0.05) is 0 Å². The molecule has 1 saturated carbocycles. The number of halogens is 5. The summed E-state index contributed by atoms with van der Waals surface area (Å²) in [5.74, 6) is -4.89. The largest absolute Gasteiger partial charge is 0.369 e. The first-order chi connectivity index (χ1) is 19.1. The maximum absolute atomic E-state index is 15.1. The minimum absolute atomic E-state index is 0.0160. The molecule has 1 atom stereocenters. The van der Waals surface area contributed by atoms with Gasteiger partial charge in [-0.15, -0.1) is 0 Å². The highest BCUT2D eigenvalue weighted by molar-refractivity contribution is 6.28. The molecule has 1 fully saturated rings. The second-order valence-electron chi connectivity index (χ2n) is 9.13. The van der Waals surface area contributed by atoms with Crippen molar-refractivity contribution in [1.29, 1.82) is 0 Å². The number of hydrogen-bond acceptors (Lipinski definition) is 8.